The molecular formula is C47H34O31. The Kier molecular flexibility index (Phi) is 10.1. The number of esters is 6. The van der Waals surface area contributed by atoms with Crippen LogP contribution in [0.2, 0.25) is 0 Å². The molecule has 31 nitrogen and oxygen atoms in total. The summed E-state index contributed by atoms with van der Waals surface area (Å²) in [5, 5.41) is 155. The third-order valence-electron chi connectivity index (χ3n) is 15.0. The molecule has 0 amide bonds. The van der Waals surface area contributed by atoms with Gasteiger partial charge in [-0.2, -0.15) is 0 Å². The summed E-state index contributed by atoms with van der Waals surface area (Å²) in [5.41, 5.74) is -14.6. The van der Waals surface area contributed by atoms with Crippen LogP contribution < -0.4 is 4.74 Å². The van der Waals surface area contributed by atoms with Gasteiger partial charge in [0, 0.05) is 23.1 Å². The minimum Gasteiger partial charge on any atom is -0.504 e. The van der Waals surface area contributed by atoms with Gasteiger partial charge in [0.15, 0.2) is 81.9 Å². The van der Waals surface area contributed by atoms with E-state index in [1.165, 1.54) is 0 Å². The Bertz CT molecular complexity index is 3480. The first-order valence-electron chi connectivity index (χ1n) is 22.7. The Morgan fingerprint density at radius 3 is 1.81 bits per heavy atom. The average molecular weight is 1090 g/mol. The predicted octanol–water partition coefficient (Wildman–Crippen LogP) is -2.19. The highest BCUT2D eigenvalue weighted by atomic mass is 16.8. The summed E-state index contributed by atoms with van der Waals surface area (Å²) in [6.07, 6.45) is -21.2. The number of phenolic OH excluding ortho intramolecular Hbond substituents is 11. The molecule has 13 atom stereocenters. The number of aliphatic hydroxyl groups excluding tert-OH is 1. The monoisotopic (exact) mass is 1090 g/mol. The molecule has 9 aliphatic rings. The Labute approximate surface area is 428 Å². The first kappa shape index (κ1) is 49.6. The lowest BCUT2D eigenvalue weighted by Gasteiger charge is -2.62. The molecular weight excluding hydrogens is 1060 g/mol. The first-order chi connectivity index (χ1) is 36.7. The molecule has 408 valence electrons. The highest BCUT2D eigenvalue weighted by molar-refractivity contribution is 6.09. The van der Waals surface area contributed by atoms with E-state index in [1.807, 2.05) is 0 Å². The highest BCUT2D eigenvalue weighted by Gasteiger charge is 2.94. The molecule has 8 heterocycles. The number of Topliss-reactive ketones (excluding diaryl/α,β-unsaturated/α-hetero) is 1. The lowest BCUT2D eigenvalue weighted by atomic mass is 9.48. The highest BCUT2D eigenvalue weighted by Crippen LogP contribution is 2.74. The van der Waals surface area contributed by atoms with Crippen LogP contribution in [-0.4, -0.2) is 192 Å². The largest absolute Gasteiger partial charge is 0.504 e. The number of hydrogen-bond donors (Lipinski definition) is 14. The molecule has 13 unspecified atom stereocenters. The summed E-state index contributed by atoms with van der Waals surface area (Å²) in [6, 6.07) is 2.27. The molecule has 5 saturated heterocycles. The van der Waals surface area contributed by atoms with Crippen molar-refractivity contribution in [1.29, 1.82) is 0 Å². The minimum absolute atomic E-state index is 0.334. The van der Waals surface area contributed by atoms with Crippen LogP contribution in [0.25, 0.3) is 11.1 Å². The molecule has 1 saturated carbocycles. The molecule has 6 fully saturated rings. The smallest absolute Gasteiger partial charge is 0.346 e. The number of phenols is 11. The molecule has 13 rings (SSSR count). The quantitative estimate of drug-likeness (QED) is 0.0576. The maximum absolute atomic E-state index is 16.1. The molecule has 6 bridgehead atoms. The van der Waals surface area contributed by atoms with Gasteiger partial charge in [-0.05, 0) is 30.3 Å². The number of rotatable bonds is 2. The fourth-order valence-electron chi connectivity index (χ4n) is 11.7. The predicted molar refractivity (Wildman–Crippen MR) is 230 cm³/mol. The van der Waals surface area contributed by atoms with Gasteiger partial charge < -0.3 is 119 Å². The van der Waals surface area contributed by atoms with Crippen LogP contribution >= 0.6 is 0 Å². The fourth-order valence-corrected chi connectivity index (χ4v) is 11.7. The van der Waals surface area contributed by atoms with Crippen LogP contribution in [0.1, 0.15) is 59.3 Å². The number of carbonyl (C=O) groups is 7. The molecule has 8 aliphatic heterocycles. The van der Waals surface area contributed by atoms with E-state index in [4.69, 9.17) is 47.4 Å². The second-order valence-electron chi connectivity index (χ2n) is 19.1. The average Bonchev–Trinajstić information content (AvgIpc) is 1.65. The van der Waals surface area contributed by atoms with Gasteiger partial charge >= 0.3 is 35.8 Å². The SMILES string of the molecule is O=C(OC1OC2COC(=O)c3cc(O)c(O)c(O)c3-c3c(cc(O)c(O)c3O)C(=O)OC3C2OC(=O)C24CC(=O)C(OC25C(=O)OC2C(O)COC25O)C2(O)Oc5c(O)c(O)cc(c5C24)C(=O)OC13)c1cc(O)c(O)c(O)c1. The third-order valence-corrected chi connectivity index (χ3v) is 15.0. The Morgan fingerprint density at radius 1 is 0.603 bits per heavy atom. The number of hydrogen-bond acceptors (Lipinski definition) is 31. The molecule has 78 heavy (non-hydrogen) atoms. The number of benzene rings is 4. The van der Waals surface area contributed by atoms with E-state index < -0.39 is 247 Å². The number of cyclic esters (lactones) is 1. The summed E-state index contributed by atoms with van der Waals surface area (Å²) < 4.78 is 57.7. The van der Waals surface area contributed by atoms with Gasteiger partial charge in [0.25, 0.3) is 0 Å². The summed E-state index contributed by atoms with van der Waals surface area (Å²) >= 11 is 0. The van der Waals surface area contributed by atoms with Crippen molar-refractivity contribution in [2.24, 2.45) is 5.41 Å². The van der Waals surface area contributed by atoms with Gasteiger partial charge in [-0.25, -0.2) is 24.0 Å². The standard InChI is InChI=1S/C47H34O31/c48-13-1-9(2-14(49)24(13)55)37(61)76-41-33-32-30(20(71-41)8-69-38(62)10-3-15(50)25(56)28(59)21(10)22-11(39(63)72-32)4-16(51)26(57)29(22)60)74-42(65)44-6-18(53)35(78-46(44)43(66)75-36-19(54)7-70-47(36,46)68)45(67)34(44)23-12(40(64)73-33)5-17(52)27(58)31(23)77-45/h1-5,19-20,30,32-36,41,48-52,54-60,67-68H,6-8H2. The second kappa shape index (κ2) is 15.9. The van der Waals surface area contributed by atoms with Gasteiger partial charge in [0.2, 0.25) is 46.8 Å². The van der Waals surface area contributed by atoms with Crippen molar-refractivity contribution >= 4 is 41.6 Å². The van der Waals surface area contributed by atoms with Crippen molar-refractivity contribution in [3.05, 3.63) is 58.1 Å². The van der Waals surface area contributed by atoms with Gasteiger partial charge in [0.1, 0.15) is 24.2 Å². The fraction of sp³-hybridized carbons (Fsp3) is 0.340. The molecule has 4 aromatic rings. The Balaban J connectivity index is 1.13. The zero-order chi connectivity index (χ0) is 55.9. The van der Waals surface area contributed by atoms with Crippen molar-refractivity contribution in [1.82, 2.24) is 0 Å². The lowest BCUT2D eigenvalue weighted by molar-refractivity contribution is -0.387. The van der Waals surface area contributed by atoms with Crippen molar-refractivity contribution in [3.63, 3.8) is 0 Å². The van der Waals surface area contributed by atoms with E-state index in [0.717, 1.165) is 0 Å². The topological polar surface area (TPSA) is 495 Å². The minimum atomic E-state index is -3.55. The van der Waals surface area contributed by atoms with Gasteiger partial charge in [-0.15, -0.1) is 0 Å². The van der Waals surface area contributed by atoms with Crippen LogP contribution in [0.3, 0.4) is 0 Å². The molecule has 0 radical (unpaired) electrons. The zero-order valence-corrected chi connectivity index (χ0v) is 38.4. The molecule has 0 aromatic heterocycles. The Hall–Kier alpha value is -9.27. The number of aliphatic hydroxyl groups is 3. The van der Waals surface area contributed by atoms with Crippen molar-refractivity contribution in [3.8, 4) is 80.1 Å². The molecule has 2 spiro atoms. The van der Waals surface area contributed by atoms with E-state index >= 15 is 14.4 Å². The third kappa shape index (κ3) is 6.03. The summed E-state index contributed by atoms with van der Waals surface area (Å²) in [7, 11) is 0. The van der Waals surface area contributed by atoms with Crippen LogP contribution in [0.4, 0.5) is 0 Å². The summed E-state index contributed by atoms with van der Waals surface area (Å²) in [6.45, 7) is -2.31. The van der Waals surface area contributed by atoms with Crippen molar-refractivity contribution < 1.29 is 152 Å². The number of carbonyl (C=O) groups excluding carboxylic acids is 7. The van der Waals surface area contributed by atoms with Crippen molar-refractivity contribution in [2.75, 3.05) is 13.2 Å². The van der Waals surface area contributed by atoms with Gasteiger partial charge in [-0.3, -0.25) is 9.59 Å². The van der Waals surface area contributed by atoms with Crippen molar-refractivity contribution in [2.45, 2.75) is 78.5 Å². The van der Waals surface area contributed by atoms with E-state index in [1.54, 1.807) is 0 Å². The van der Waals surface area contributed by atoms with E-state index in [0.29, 0.717) is 30.3 Å². The lowest BCUT2D eigenvalue weighted by Crippen LogP contribution is -2.84. The first-order valence-corrected chi connectivity index (χ1v) is 22.7. The maximum atomic E-state index is 16.1. The number of aromatic hydroxyl groups is 11. The Morgan fingerprint density at radius 2 is 1.17 bits per heavy atom. The molecule has 31 heteroatoms. The number of ether oxygens (including phenoxy) is 10. The van der Waals surface area contributed by atoms with Crippen LogP contribution in [0, 0.1) is 5.41 Å². The summed E-state index contributed by atoms with van der Waals surface area (Å²) in [4.78, 5) is 104. The molecule has 14 N–H and O–H groups in total. The maximum Gasteiger partial charge on any atom is 0.346 e. The van der Waals surface area contributed by atoms with E-state index in [-0.39, 0.29) is 0 Å². The normalized spacial score (nSPS) is 34.0. The number of ketones is 1. The summed E-state index contributed by atoms with van der Waals surface area (Å²) in [5.74, 6) is -37.4. The van der Waals surface area contributed by atoms with Crippen LogP contribution in [0.15, 0.2) is 30.3 Å². The molecule has 4 aromatic carbocycles. The van der Waals surface area contributed by atoms with Gasteiger partial charge in [-0.1, -0.05) is 0 Å². The van der Waals surface area contributed by atoms with Crippen LogP contribution in [-0.2, 0) is 57.0 Å². The second-order valence-corrected chi connectivity index (χ2v) is 19.1. The zero-order valence-electron chi connectivity index (χ0n) is 38.4. The van der Waals surface area contributed by atoms with E-state index in [2.05, 4.69) is 0 Å². The van der Waals surface area contributed by atoms with Crippen LogP contribution in [0.5, 0.6) is 69.0 Å². The van der Waals surface area contributed by atoms with E-state index in [9.17, 15) is 90.7 Å². The van der Waals surface area contributed by atoms with Gasteiger partial charge in [0.05, 0.1) is 34.8 Å². The number of fused-ring (bicyclic) bond motifs is 5. The molecule has 1 aliphatic carbocycles.